The molecular weight excluding hydrogens is 424 g/mol. The molecule has 0 radical (unpaired) electrons. The normalized spacial score (nSPS) is 13.1. The highest BCUT2D eigenvalue weighted by molar-refractivity contribution is 5.80. The lowest BCUT2D eigenvalue weighted by atomic mass is 9.76. The van der Waals surface area contributed by atoms with Gasteiger partial charge in [0.2, 0.25) is 0 Å². The minimum Gasteiger partial charge on any atom is -0.463 e. The maximum absolute atomic E-state index is 12.8. The molecule has 0 aliphatic carbocycles. The second kappa shape index (κ2) is 15.9. The van der Waals surface area contributed by atoms with Crippen LogP contribution < -0.4 is 0 Å². The number of esters is 2. The third-order valence-corrected chi connectivity index (χ3v) is 6.96. The Labute approximate surface area is 209 Å². The molecular formula is C30H50O4. The number of hydrogen-bond donors (Lipinski definition) is 0. The van der Waals surface area contributed by atoms with Crippen LogP contribution in [0.4, 0.5) is 0 Å². The van der Waals surface area contributed by atoms with Crippen LogP contribution in [-0.2, 0) is 38.3 Å². The number of aryl methyl sites for hydroxylation is 3. The molecule has 1 atom stereocenters. The summed E-state index contributed by atoms with van der Waals surface area (Å²) in [6.45, 7) is 15.0. The Morgan fingerprint density at radius 2 is 1.47 bits per heavy atom. The van der Waals surface area contributed by atoms with E-state index in [4.69, 9.17) is 9.47 Å². The minimum atomic E-state index is -0.539. The lowest BCUT2D eigenvalue weighted by Crippen LogP contribution is -2.33. The van der Waals surface area contributed by atoms with E-state index in [-0.39, 0.29) is 12.6 Å². The van der Waals surface area contributed by atoms with Gasteiger partial charge in [0.05, 0.1) is 12.0 Å². The van der Waals surface area contributed by atoms with Gasteiger partial charge in [0.25, 0.3) is 0 Å². The van der Waals surface area contributed by atoms with E-state index in [1.165, 1.54) is 22.3 Å². The molecule has 0 aliphatic heterocycles. The third-order valence-electron chi connectivity index (χ3n) is 6.96. The van der Waals surface area contributed by atoms with E-state index in [1.807, 2.05) is 6.92 Å². The zero-order valence-electron chi connectivity index (χ0n) is 23.1. The lowest BCUT2D eigenvalue weighted by Gasteiger charge is -2.30. The predicted molar refractivity (Wildman–Crippen MR) is 141 cm³/mol. The molecule has 1 rings (SSSR count). The van der Waals surface area contributed by atoms with E-state index < -0.39 is 11.4 Å². The van der Waals surface area contributed by atoms with Crippen molar-refractivity contribution in [2.75, 3.05) is 13.2 Å². The first-order chi connectivity index (χ1) is 16.2. The Kier molecular flexibility index (Phi) is 14.2. The number of carbonyl (C=O) groups is 2. The van der Waals surface area contributed by atoms with Gasteiger partial charge in [-0.2, -0.15) is 0 Å². The molecule has 0 amide bonds. The van der Waals surface area contributed by atoms with Gasteiger partial charge in [0.1, 0.15) is 0 Å². The first-order valence-corrected chi connectivity index (χ1v) is 13.7. The van der Waals surface area contributed by atoms with Gasteiger partial charge in [0, 0.05) is 0 Å². The Morgan fingerprint density at radius 1 is 0.882 bits per heavy atom. The van der Waals surface area contributed by atoms with Gasteiger partial charge >= 0.3 is 11.9 Å². The van der Waals surface area contributed by atoms with Gasteiger partial charge in [-0.25, -0.2) is 4.79 Å². The average molecular weight is 475 g/mol. The van der Waals surface area contributed by atoms with E-state index in [1.54, 1.807) is 0 Å². The zero-order valence-corrected chi connectivity index (χ0v) is 23.1. The van der Waals surface area contributed by atoms with Crippen LogP contribution in [0, 0.1) is 18.3 Å². The van der Waals surface area contributed by atoms with Crippen molar-refractivity contribution < 1.29 is 19.1 Å². The van der Waals surface area contributed by atoms with Crippen LogP contribution in [0.1, 0.15) is 115 Å². The number of hydrogen-bond acceptors (Lipinski definition) is 4. The molecule has 0 spiro atoms. The van der Waals surface area contributed by atoms with Gasteiger partial charge in [0.15, 0.2) is 6.61 Å². The fourth-order valence-corrected chi connectivity index (χ4v) is 5.11. The quantitative estimate of drug-likeness (QED) is 0.173. The van der Waals surface area contributed by atoms with Gasteiger partial charge < -0.3 is 9.47 Å². The molecule has 0 saturated carbocycles. The van der Waals surface area contributed by atoms with Crippen LogP contribution >= 0.6 is 0 Å². The topological polar surface area (TPSA) is 52.6 Å². The second-order valence-electron chi connectivity index (χ2n) is 10.2. The number of carbonyl (C=O) groups excluding carboxylic acids is 2. The van der Waals surface area contributed by atoms with Crippen molar-refractivity contribution in [3.05, 3.63) is 34.4 Å². The number of benzene rings is 1. The first-order valence-electron chi connectivity index (χ1n) is 13.7. The first kappa shape index (κ1) is 30.2. The predicted octanol–water partition coefficient (Wildman–Crippen LogP) is 7.55. The van der Waals surface area contributed by atoms with Gasteiger partial charge in [-0.05, 0) is 75.0 Å². The van der Waals surface area contributed by atoms with Crippen LogP contribution in [-0.4, -0.2) is 25.2 Å². The molecule has 0 N–H and O–H groups in total. The largest absolute Gasteiger partial charge is 0.463 e. The average Bonchev–Trinajstić information content (AvgIpc) is 2.80. The molecule has 0 fully saturated rings. The molecule has 34 heavy (non-hydrogen) atoms. The van der Waals surface area contributed by atoms with E-state index >= 15 is 0 Å². The van der Waals surface area contributed by atoms with Crippen molar-refractivity contribution in [3.8, 4) is 0 Å². The van der Waals surface area contributed by atoms with Gasteiger partial charge in [-0.1, -0.05) is 84.4 Å². The van der Waals surface area contributed by atoms with Crippen molar-refractivity contribution in [3.63, 3.8) is 0 Å². The van der Waals surface area contributed by atoms with E-state index in [2.05, 4.69) is 53.7 Å². The van der Waals surface area contributed by atoms with Crippen LogP contribution in [0.25, 0.3) is 0 Å². The smallest absolute Gasteiger partial charge is 0.344 e. The Hall–Kier alpha value is -1.84. The standard InChI is InChI=1S/C30H50O4/c1-8-14-25-19-23(6)20-26(15-9-2)27(25)16-13-18-33-28(31)22-34-29(32)30(7,17-10-3)21-24(11-4)12-5/h19-20,24H,8-18,21-22H2,1-7H3. The molecule has 0 heterocycles. The third kappa shape index (κ3) is 9.80. The summed E-state index contributed by atoms with van der Waals surface area (Å²) in [5.74, 6) is -0.236. The monoisotopic (exact) mass is 474 g/mol. The SMILES string of the molecule is CCCc1cc(C)cc(CCC)c1CCCOC(=O)COC(=O)C(C)(CCC)CC(CC)CC. The Balaban J connectivity index is 2.60. The lowest BCUT2D eigenvalue weighted by molar-refractivity contribution is -0.166. The van der Waals surface area contributed by atoms with Crippen molar-refractivity contribution in [2.24, 2.45) is 11.3 Å². The molecule has 194 valence electrons. The summed E-state index contributed by atoms with van der Waals surface area (Å²) in [5.41, 5.74) is 5.07. The Morgan fingerprint density at radius 3 is 1.97 bits per heavy atom. The second-order valence-corrected chi connectivity index (χ2v) is 10.2. The fourth-order valence-electron chi connectivity index (χ4n) is 5.11. The summed E-state index contributed by atoms with van der Waals surface area (Å²) in [5, 5.41) is 0. The van der Waals surface area contributed by atoms with Crippen LogP contribution in [0.2, 0.25) is 0 Å². The highest BCUT2D eigenvalue weighted by Crippen LogP contribution is 2.35. The van der Waals surface area contributed by atoms with E-state index in [9.17, 15) is 9.59 Å². The zero-order chi connectivity index (χ0) is 25.6. The minimum absolute atomic E-state index is 0.272. The summed E-state index contributed by atoms with van der Waals surface area (Å²) < 4.78 is 10.8. The maximum atomic E-state index is 12.8. The fraction of sp³-hybridized carbons (Fsp3) is 0.733. The number of rotatable bonds is 17. The molecule has 0 bridgehead atoms. The van der Waals surface area contributed by atoms with Gasteiger partial charge in [-0.3, -0.25) is 4.79 Å². The van der Waals surface area contributed by atoms with E-state index in [0.29, 0.717) is 12.5 Å². The molecule has 0 aliphatic rings. The molecule has 1 aromatic rings. The highest BCUT2D eigenvalue weighted by atomic mass is 16.6. The summed E-state index contributed by atoms with van der Waals surface area (Å²) in [6.07, 6.45) is 10.7. The van der Waals surface area contributed by atoms with Gasteiger partial charge in [-0.15, -0.1) is 0 Å². The highest BCUT2D eigenvalue weighted by Gasteiger charge is 2.36. The molecule has 0 saturated heterocycles. The summed E-state index contributed by atoms with van der Waals surface area (Å²) in [7, 11) is 0. The molecule has 1 aromatic carbocycles. The number of ether oxygens (including phenoxy) is 2. The summed E-state index contributed by atoms with van der Waals surface area (Å²) in [4.78, 5) is 25.1. The van der Waals surface area contributed by atoms with Crippen LogP contribution in [0.15, 0.2) is 12.1 Å². The molecule has 0 aromatic heterocycles. The van der Waals surface area contributed by atoms with Crippen molar-refractivity contribution in [1.29, 1.82) is 0 Å². The molecule has 4 heteroatoms. The summed E-state index contributed by atoms with van der Waals surface area (Å²) in [6, 6.07) is 4.61. The van der Waals surface area contributed by atoms with Crippen molar-refractivity contribution >= 4 is 11.9 Å². The van der Waals surface area contributed by atoms with Crippen molar-refractivity contribution in [2.45, 2.75) is 119 Å². The maximum Gasteiger partial charge on any atom is 0.344 e. The summed E-state index contributed by atoms with van der Waals surface area (Å²) >= 11 is 0. The molecule has 1 unspecified atom stereocenters. The van der Waals surface area contributed by atoms with Crippen LogP contribution in [0.5, 0.6) is 0 Å². The van der Waals surface area contributed by atoms with Crippen molar-refractivity contribution in [1.82, 2.24) is 0 Å². The van der Waals surface area contributed by atoms with Crippen LogP contribution in [0.3, 0.4) is 0 Å². The van der Waals surface area contributed by atoms with E-state index in [0.717, 1.165) is 70.6 Å². The molecule has 4 nitrogen and oxygen atoms in total. The Bertz CT molecular complexity index is 723.